The van der Waals surface area contributed by atoms with Crippen molar-refractivity contribution in [2.24, 2.45) is 5.92 Å². The lowest BCUT2D eigenvalue weighted by Gasteiger charge is -2.11. The molecule has 0 aromatic carbocycles. The topological polar surface area (TPSA) is 52.6 Å². The molecule has 1 aliphatic carbocycles. The Labute approximate surface area is 166 Å². The van der Waals surface area contributed by atoms with E-state index in [2.05, 4.69) is 13.8 Å². The van der Waals surface area contributed by atoms with Gasteiger partial charge in [0.2, 0.25) is 0 Å². The Morgan fingerprint density at radius 3 is 1.93 bits per heavy atom. The van der Waals surface area contributed by atoms with Crippen LogP contribution in [-0.4, -0.2) is 25.2 Å². The summed E-state index contributed by atoms with van der Waals surface area (Å²) < 4.78 is 10.7. The number of esters is 2. The highest BCUT2D eigenvalue weighted by atomic mass is 16.5. The molecule has 0 amide bonds. The highest BCUT2D eigenvalue weighted by molar-refractivity contribution is 5.90. The SMILES string of the molecule is CCCCCCCCOC(=O)C1=CCC(C(=O)OCCCCCCCC)C1. The summed E-state index contributed by atoms with van der Waals surface area (Å²) in [5, 5.41) is 0. The molecule has 1 rings (SSSR count). The van der Waals surface area contributed by atoms with Crippen LogP contribution in [0.5, 0.6) is 0 Å². The average molecular weight is 381 g/mol. The minimum atomic E-state index is -0.255. The van der Waals surface area contributed by atoms with E-state index in [9.17, 15) is 9.59 Å². The van der Waals surface area contributed by atoms with Gasteiger partial charge >= 0.3 is 11.9 Å². The van der Waals surface area contributed by atoms with Crippen molar-refractivity contribution < 1.29 is 19.1 Å². The molecule has 1 unspecified atom stereocenters. The normalized spacial score (nSPS) is 16.2. The molecule has 1 atom stereocenters. The molecule has 0 saturated carbocycles. The zero-order valence-corrected chi connectivity index (χ0v) is 17.6. The highest BCUT2D eigenvalue weighted by Crippen LogP contribution is 2.27. The van der Waals surface area contributed by atoms with E-state index >= 15 is 0 Å². The maximum absolute atomic E-state index is 12.1. The van der Waals surface area contributed by atoms with Crippen LogP contribution in [0.3, 0.4) is 0 Å². The van der Waals surface area contributed by atoms with Crippen molar-refractivity contribution in [3.05, 3.63) is 11.6 Å². The minimum Gasteiger partial charge on any atom is -0.465 e. The van der Waals surface area contributed by atoms with Gasteiger partial charge in [-0.2, -0.15) is 0 Å². The van der Waals surface area contributed by atoms with Crippen molar-refractivity contribution in [3.8, 4) is 0 Å². The first-order valence-corrected chi connectivity index (χ1v) is 11.2. The minimum absolute atomic E-state index is 0.168. The molecule has 156 valence electrons. The average Bonchev–Trinajstić information content (AvgIpc) is 3.16. The Balaban J connectivity index is 2.06. The molecule has 4 heteroatoms. The summed E-state index contributed by atoms with van der Waals surface area (Å²) in [4.78, 5) is 24.2. The second-order valence-electron chi connectivity index (χ2n) is 7.71. The molecule has 0 aliphatic heterocycles. The lowest BCUT2D eigenvalue weighted by Crippen LogP contribution is -2.17. The number of allylic oxidation sites excluding steroid dienone is 1. The number of rotatable bonds is 16. The van der Waals surface area contributed by atoms with E-state index in [0.717, 1.165) is 25.7 Å². The van der Waals surface area contributed by atoms with Crippen molar-refractivity contribution in [3.63, 3.8) is 0 Å². The van der Waals surface area contributed by atoms with Gasteiger partial charge in [0.25, 0.3) is 0 Å². The molecule has 0 saturated heterocycles. The van der Waals surface area contributed by atoms with Gasteiger partial charge in [0.1, 0.15) is 0 Å². The number of unbranched alkanes of at least 4 members (excludes halogenated alkanes) is 10. The molecule has 4 nitrogen and oxygen atoms in total. The van der Waals surface area contributed by atoms with E-state index in [-0.39, 0.29) is 17.9 Å². The first-order valence-electron chi connectivity index (χ1n) is 11.2. The monoisotopic (exact) mass is 380 g/mol. The lowest BCUT2D eigenvalue weighted by molar-refractivity contribution is -0.148. The van der Waals surface area contributed by atoms with Crippen LogP contribution in [0, 0.1) is 5.92 Å². The Kier molecular flexibility index (Phi) is 13.8. The van der Waals surface area contributed by atoms with Crippen LogP contribution >= 0.6 is 0 Å². The smallest absolute Gasteiger partial charge is 0.333 e. The van der Waals surface area contributed by atoms with Gasteiger partial charge in [0.05, 0.1) is 19.1 Å². The second-order valence-corrected chi connectivity index (χ2v) is 7.71. The van der Waals surface area contributed by atoms with Crippen LogP contribution in [0.2, 0.25) is 0 Å². The van der Waals surface area contributed by atoms with Gasteiger partial charge in [0.15, 0.2) is 0 Å². The Bertz CT molecular complexity index is 442. The van der Waals surface area contributed by atoms with Gasteiger partial charge in [-0.3, -0.25) is 4.79 Å². The van der Waals surface area contributed by atoms with Crippen molar-refractivity contribution >= 4 is 11.9 Å². The van der Waals surface area contributed by atoms with Gasteiger partial charge in [-0.15, -0.1) is 0 Å². The van der Waals surface area contributed by atoms with Crippen molar-refractivity contribution in [2.45, 2.75) is 104 Å². The van der Waals surface area contributed by atoms with Gasteiger partial charge in [0, 0.05) is 5.57 Å². The molecule has 0 N–H and O–H groups in total. The maximum Gasteiger partial charge on any atom is 0.333 e. The third-order valence-corrected chi connectivity index (χ3v) is 5.18. The second kappa shape index (κ2) is 15.7. The van der Waals surface area contributed by atoms with Gasteiger partial charge in [-0.25, -0.2) is 4.79 Å². The first kappa shape index (κ1) is 23.7. The van der Waals surface area contributed by atoms with E-state index in [1.807, 2.05) is 6.08 Å². The third kappa shape index (κ3) is 11.2. The summed E-state index contributed by atoms with van der Waals surface area (Å²) >= 11 is 0. The molecule has 0 aromatic heterocycles. The number of carbonyl (C=O) groups is 2. The molecule has 0 fully saturated rings. The van der Waals surface area contributed by atoms with E-state index in [1.54, 1.807) is 0 Å². The molecule has 0 heterocycles. The molecule has 0 bridgehead atoms. The molecule has 0 aromatic rings. The third-order valence-electron chi connectivity index (χ3n) is 5.18. The predicted molar refractivity (Wildman–Crippen MR) is 109 cm³/mol. The number of hydrogen-bond acceptors (Lipinski definition) is 4. The summed E-state index contributed by atoms with van der Waals surface area (Å²) in [6.07, 6.45) is 17.0. The largest absolute Gasteiger partial charge is 0.465 e. The van der Waals surface area contributed by atoms with E-state index in [1.165, 1.54) is 51.4 Å². The standard InChI is InChI=1S/C23H40O4/c1-3-5-7-9-11-13-17-26-22(24)20-15-16-21(19-20)23(25)27-18-14-12-10-8-6-4-2/h15,21H,3-14,16-19H2,1-2H3. The Hall–Kier alpha value is -1.32. The summed E-state index contributed by atoms with van der Waals surface area (Å²) in [6, 6.07) is 0. The Morgan fingerprint density at radius 1 is 0.815 bits per heavy atom. The fourth-order valence-electron chi connectivity index (χ4n) is 3.38. The number of ether oxygens (including phenoxy) is 2. The fourth-order valence-corrected chi connectivity index (χ4v) is 3.38. The van der Waals surface area contributed by atoms with Gasteiger partial charge in [-0.05, 0) is 25.7 Å². The van der Waals surface area contributed by atoms with Gasteiger partial charge < -0.3 is 9.47 Å². The summed E-state index contributed by atoms with van der Waals surface area (Å²) in [5.41, 5.74) is 0.641. The molecule has 0 radical (unpaired) electrons. The van der Waals surface area contributed by atoms with Crippen LogP contribution in [0.25, 0.3) is 0 Å². The maximum atomic E-state index is 12.1. The van der Waals surface area contributed by atoms with E-state index < -0.39 is 0 Å². The molecular formula is C23H40O4. The van der Waals surface area contributed by atoms with Crippen LogP contribution in [0.15, 0.2) is 11.6 Å². The highest BCUT2D eigenvalue weighted by Gasteiger charge is 2.29. The van der Waals surface area contributed by atoms with Crippen LogP contribution in [0.4, 0.5) is 0 Å². The fraction of sp³-hybridized carbons (Fsp3) is 0.826. The quantitative estimate of drug-likeness (QED) is 0.239. The number of carbonyl (C=O) groups excluding carboxylic acids is 2. The summed E-state index contributed by atoms with van der Waals surface area (Å²) in [5.74, 6) is -0.630. The van der Waals surface area contributed by atoms with Crippen LogP contribution < -0.4 is 0 Å². The van der Waals surface area contributed by atoms with Crippen LogP contribution in [-0.2, 0) is 19.1 Å². The zero-order valence-electron chi connectivity index (χ0n) is 17.6. The van der Waals surface area contributed by atoms with E-state index in [0.29, 0.717) is 31.6 Å². The lowest BCUT2D eigenvalue weighted by atomic mass is 10.1. The predicted octanol–water partition coefficient (Wildman–Crippen LogP) is 6.13. The van der Waals surface area contributed by atoms with E-state index in [4.69, 9.17) is 9.47 Å². The molecular weight excluding hydrogens is 340 g/mol. The summed E-state index contributed by atoms with van der Waals surface area (Å²) in [6.45, 7) is 5.39. The summed E-state index contributed by atoms with van der Waals surface area (Å²) in [7, 11) is 0. The van der Waals surface area contributed by atoms with Gasteiger partial charge in [-0.1, -0.05) is 84.1 Å². The molecule has 27 heavy (non-hydrogen) atoms. The van der Waals surface area contributed by atoms with Crippen molar-refractivity contribution in [2.75, 3.05) is 13.2 Å². The van der Waals surface area contributed by atoms with Crippen LogP contribution in [0.1, 0.15) is 104 Å². The zero-order chi connectivity index (χ0) is 19.7. The molecule has 0 spiro atoms. The molecule has 1 aliphatic rings. The number of hydrogen-bond donors (Lipinski definition) is 0. The first-order chi connectivity index (χ1) is 13.2. The van der Waals surface area contributed by atoms with Crippen molar-refractivity contribution in [1.82, 2.24) is 0 Å². The Morgan fingerprint density at radius 2 is 1.33 bits per heavy atom. The van der Waals surface area contributed by atoms with Crippen molar-refractivity contribution in [1.29, 1.82) is 0 Å².